The van der Waals surface area contributed by atoms with Crippen molar-refractivity contribution < 1.29 is 24.6 Å². The zero-order valence-corrected chi connectivity index (χ0v) is 27.6. The van der Waals surface area contributed by atoms with Gasteiger partial charge in [-0.25, -0.2) is 14.8 Å². The van der Waals surface area contributed by atoms with Crippen LogP contribution in [0.4, 0.5) is 4.79 Å². The van der Waals surface area contributed by atoms with Crippen molar-refractivity contribution in [1.29, 1.82) is 0 Å². The number of amides is 3. The number of imidazole rings is 2. The minimum absolute atomic E-state index is 0.165. The maximum absolute atomic E-state index is 13.7. The number of rotatable bonds is 9. The highest BCUT2D eigenvalue weighted by atomic mass is 16.4. The quantitative estimate of drug-likeness (QED) is 0.131. The van der Waals surface area contributed by atoms with Crippen LogP contribution < -0.4 is 5.32 Å². The van der Waals surface area contributed by atoms with Crippen molar-refractivity contribution >= 4 is 17.9 Å². The van der Waals surface area contributed by atoms with Crippen molar-refractivity contribution in [1.82, 2.24) is 35.1 Å². The number of nitrogens with one attached hydrogen (secondary N) is 3. The van der Waals surface area contributed by atoms with Gasteiger partial charge in [0.25, 0.3) is 11.8 Å². The topological polar surface area (TPSA) is 168 Å². The first-order valence-corrected chi connectivity index (χ1v) is 16.9. The Bertz CT molecular complexity index is 1970. The number of aromatic nitrogens is 4. The Hall–Kier alpha value is -5.75. The van der Waals surface area contributed by atoms with Gasteiger partial charge in [0, 0.05) is 13.1 Å². The minimum atomic E-state index is -1.25. The van der Waals surface area contributed by atoms with E-state index in [1.165, 1.54) is 6.92 Å². The number of hydrogen-bond acceptors (Lipinski definition) is 6. The molecule has 4 heterocycles. The lowest BCUT2D eigenvalue weighted by atomic mass is 10.0. The van der Waals surface area contributed by atoms with Gasteiger partial charge in [-0.1, -0.05) is 78.9 Å². The smallest absolute Gasteiger partial charge is 0.405 e. The number of carbonyl (C=O) groups is 3. The number of carbonyl (C=O) groups excluding carboxylic acids is 2. The van der Waals surface area contributed by atoms with Gasteiger partial charge in [-0.15, -0.1) is 0 Å². The summed E-state index contributed by atoms with van der Waals surface area (Å²) < 4.78 is 0. The molecule has 12 nitrogen and oxygen atoms in total. The van der Waals surface area contributed by atoms with E-state index in [1.54, 1.807) is 46.5 Å². The van der Waals surface area contributed by atoms with Gasteiger partial charge in [0.2, 0.25) is 0 Å². The van der Waals surface area contributed by atoms with Crippen molar-refractivity contribution in [2.24, 2.45) is 0 Å². The lowest BCUT2D eigenvalue weighted by Crippen LogP contribution is -2.42. The molecular formula is C38H39N7O5. The Kier molecular flexibility index (Phi) is 9.18. The molecule has 7 rings (SSSR count). The highest BCUT2D eigenvalue weighted by molar-refractivity contribution is 5.87. The second-order valence-electron chi connectivity index (χ2n) is 12.9. The summed E-state index contributed by atoms with van der Waals surface area (Å²) in [7, 11) is 0. The number of aliphatic hydroxyl groups excluding tert-OH is 1. The Morgan fingerprint density at radius 2 is 1.18 bits per heavy atom. The number of benzene rings is 3. The van der Waals surface area contributed by atoms with Gasteiger partial charge in [0.15, 0.2) is 0 Å². The fraction of sp³-hybridized carbons (Fsp3) is 0.289. The van der Waals surface area contributed by atoms with Crippen LogP contribution in [0.15, 0.2) is 91.3 Å². The molecule has 12 heteroatoms. The second-order valence-corrected chi connectivity index (χ2v) is 12.9. The maximum atomic E-state index is 13.7. The SMILES string of the molecule is C[C@@H](O)C(=O)N1CCC[C@H]1c1ncc(-c2ccc(-c3ccc(-c4cnc([C@@H]5CCCN5C(=O)[C@H](NC(=O)O)c5ccccc5)[nH]4)cc3)cc2)[nH]1. The molecule has 3 amide bonds. The highest BCUT2D eigenvalue weighted by Gasteiger charge is 2.37. The number of hydrogen-bond donors (Lipinski definition) is 5. The summed E-state index contributed by atoms with van der Waals surface area (Å²) in [5.74, 6) is 0.828. The standard InChI is InChI=1S/C38H39N7O5/c1-23(46)36(47)44-19-5-9-31(44)34-39-21-29(41-34)26-15-11-24(12-16-26)25-13-17-27(18-14-25)30-22-40-35(42-30)32-10-6-20-45(32)37(48)33(43-38(49)50)28-7-3-2-4-8-28/h2-4,7-8,11-18,21-23,31-33,43,46H,5-6,9-10,19-20H2,1H3,(H,39,41)(H,40,42)(H,49,50)/t23-,31+,32+,33-/m1/s1. The Balaban J connectivity index is 1.02. The molecule has 5 N–H and O–H groups in total. The zero-order chi connectivity index (χ0) is 34.8. The Morgan fingerprint density at radius 1 is 0.720 bits per heavy atom. The molecule has 0 aliphatic carbocycles. The van der Waals surface area contributed by atoms with Crippen LogP contribution in [-0.2, 0) is 9.59 Å². The maximum Gasteiger partial charge on any atom is 0.405 e. The number of H-pyrrole nitrogens is 2. The fourth-order valence-electron chi connectivity index (χ4n) is 7.08. The molecule has 5 aromatic rings. The van der Waals surface area contributed by atoms with E-state index in [0.717, 1.165) is 65.1 Å². The average molecular weight is 674 g/mol. The molecule has 0 radical (unpaired) electrons. The molecule has 0 spiro atoms. The number of aromatic amines is 2. The molecule has 2 saturated heterocycles. The third-order valence-electron chi connectivity index (χ3n) is 9.62. The Labute approximate surface area is 289 Å². The summed E-state index contributed by atoms with van der Waals surface area (Å²) in [6.07, 6.45) is 4.47. The fourth-order valence-corrected chi connectivity index (χ4v) is 7.08. The minimum Gasteiger partial charge on any atom is -0.465 e. The van der Waals surface area contributed by atoms with Crippen LogP contribution in [0.25, 0.3) is 33.6 Å². The van der Waals surface area contributed by atoms with Crippen LogP contribution in [0.1, 0.15) is 67.9 Å². The molecule has 2 fully saturated rings. The molecule has 2 aliphatic heterocycles. The predicted octanol–water partition coefficient (Wildman–Crippen LogP) is 5.85. The van der Waals surface area contributed by atoms with Gasteiger partial charge in [0.1, 0.15) is 23.8 Å². The first-order chi connectivity index (χ1) is 24.3. The summed E-state index contributed by atoms with van der Waals surface area (Å²) in [5, 5.41) is 21.6. The average Bonchev–Trinajstić information content (AvgIpc) is 3.97. The van der Waals surface area contributed by atoms with E-state index < -0.39 is 18.2 Å². The van der Waals surface area contributed by atoms with E-state index in [9.17, 15) is 24.6 Å². The molecule has 256 valence electrons. The summed E-state index contributed by atoms with van der Waals surface area (Å²) in [6.45, 7) is 2.63. The van der Waals surface area contributed by atoms with E-state index in [0.29, 0.717) is 24.5 Å². The van der Waals surface area contributed by atoms with Gasteiger partial charge < -0.3 is 35.3 Å². The highest BCUT2D eigenvalue weighted by Crippen LogP contribution is 2.35. The second kappa shape index (κ2) is 14.0. The first-order valence-electron chi connectivity index (χ1n) is 16.9. The molecule has 50 heavy (non-hydrogen) atoms. The molecule has 0 saturated carbocycles. The zero-order valence-electron chi connectivity index (χ0n) is 27.6. The summed E-state index contributed by atoms with van der Waals surface area (Å²) in [4.78, 5) is 57.1. The van der Waals surface area contributed by atoms with Gasteiger partial charge >= 0.3 is 6.09 Å². The molecule has 2 aliphatic rings. The number of aliphatic hydroxyl groups is 1. The van der Waals surface area contributed by atoms with Gasteiger partial charge in [0.05, 0.1) is 35.9 Å². The molecule has 4 atom stereocenters. The lowest BCUT2D eigenvalue weighted by Gasteiger charge is -2.28. The van der Waals surface area contributed by atoms with Crippen LogP contribution in [0.3, 0.4) is 0 Å². The van der Waals surface area contributed by atoms with E-state index in [1.807, 2.05) is 30.3 Å². The van der Waals surface area contributed by atoms with Gasteiger partial charge in [-0.05, 0) is 60.4 Å². The third kappa shape index (κ3) is 6.61. The van der Waals surface area contributed by atoms with Gasteiger partial charge in [-0.3, -0.25) is 9.59 Å². The normalized spacial score (nSPS) is 18.6. The van der Waals surface area contributed by atoms with Crippen molar-refractivity contribution in [2.45, 2.75) is 56.8 Å². The van der Waals surface area contributed by atoms with Gasteiger partial charge in [-0.2, -0.15) is 0 Å². The predicted molar refractivity (Wildman–Crippen MR) is 186 cm³/mol. The van der Waals surface area contributed by atoms with Crippen LogP contribution >= 0.6 is 0 Å². The van der Waals surface area contributed by atoms with Crippen LogP contribution in [0, 0.1) is 0 Å². The Morgan fingerprint density at radius 3 is 1.64 bits per heavy atom. The van der Waals surface area contributed by atoms with E-state index >= 15 is 0 Å². The van der Waals surface area contributed by atoms with Crippen molar-refractivity contribution in [3.05, 3.63) is 108 Å². The third-order valence-corrected chi connectivity index (χ3v) is 9.62. The van der Waals surface area contributed by atoms with Crippen molar-refractivity contribution in [3.8, 4) is 33.6 Å². The number of carboxylic acid groups (broad SMARTS) is 1. The van der Waals surface area contributed by atoms with Crippen LogP contribution in [-0.4, -0.2) is 77.0 Å². The molecule has 0 bridgehead atoms. The van der Waals surface area contributed by atoms with Crippen molar-refractivity contribution in [3.63, 3.8) is 0 Å². The summed E-state index contributed by atoms with van der Waals surface area (Å²) >= 11 is 0. The number of nitrogens with zero attached hydrogens (tertiary/aromatic N) is 4. The van der Waals surface area contributed by atoms with Crippen LogP contribution in [0.5, 0.6) is 0 Å². The molecule has 3 aromatic carbocycles. The molecular weight excluding hydrogens is 634 g/mol. The van der Waals surface area contributed by atoms with E-state index in [4.69, 9.17) is 0 Å². The van der Waals surface area contributed by atoms with E-state index in [2.05, 4.69) is 49.5 Å². The lowest BCUT2D eigenvalue weighted by molar-refractivity contribution is -0.140. The molecule has 0 unspecified atom stereocenters. The number of likely N-dealkylation sites (tertiary alicyclic amines) is 2. The summed E-state index contributed by atoms with van der Waals surface area (Å²) in [5.41, 5.74) is 6.32. The monoisotopic (exact) mass is 673 g/mol. The molecule has 2 aromatic heterocycles. The van der Waals surface area contributed by atoms with E-state index in [-0.39, 0.29) is 23.9 Å². The first kappa shape index (κ1) is 32.8. The van der Waals surface area contributed by atoms with Crippen LogP contribution in [0.2, 0.25) is 0 Å². The largest absolute Gasteiger partial charge is 0.465 e. The summed E-state index contributed by atoms with van der Waals surface area (Å²) in [6, 6.07) is 23.8. The van der Waals surface area contributed by atoms with Crippen molar-refractivity contribution in [2.75, 3.05) is 13.1 Å².